The molecule has 6 heteroatoms. The van der Waals surface area contributed by atoms with Crippen LogP contribution in [0, 0.1) is 5.92 Å². The monoisotopic (exact) mass is 559 g/mol. The molecule has 1 aliphatic rings. The van der Waals surface area contributed by atoms with Crippen LogP contribution in [0.2, 0.25) is 0 Å². The molecule has 1 heterocycles. The minimum atomic E-state index is -1.02. The van der Waals surface area contributed by atoms with Gasteiger partial charge in [-0.25, -0.2) is 0 Å². The highest BCUT2D eigenvalue weighted by Crippen LogP contribution is 2.42. The fourth-order valence-corrected chi connectivity index (χ4v) is 6.34. The number of methoxy groups -OCH3 is 1. The van der Waals surface area contributed by atoms with Gasteiger partial charge < -0.3 is 24.6 Å². The van der Waals surface area contributed by atoms with Crippen molar-refractivity contribution >= 4 is 6.47 Å². The lowest BCUT2D eigenvalue weighted by Gasteiger charge is -2.42. The Kier molecular flexibility index (Phi) is 10.4. The molecule has 6 nitrogen and oxygen atoms in total. The SMILES string of the molecule is COC(CO)(CCCN1CCC(C(O)(c2ccccc2)c2ccccc2)CC1)c1ccc(C(C)(C)COC=O)cc1. The van der Waals surface area contributed by atoms with Crippen LogP contribution in [-0.2, 0) is 30.9 Å². The fraction of sp³-hybridized carbons (Fsp3) is 0.457. The van der Waals surface area contributed by atoms with Gasteiger partial charge in [-0.05, 0) is 73.5 Å². The fourth-order valence-electron chi connectivity index (χ4n) is 6.34. The van der Waals surface area contributed by atoms with Gasteiger partial charge in [0.05, 0.1) is 6.61 Å². The summed E-state index contributed by atoms with van der Waals surface area (Å²) in [6, 6.07) is 28.2. The van der Waals surface area contributed by atoms with Crippen LogP contribution in [0.1, 0.15) is 61.8 Å². The maximum Gasteiger partial charge on any atom is 0.293 e. The van der Waals surface area contributed by atoms with Gasteiger partial charge in [-0.15, -0.1) is 0 Å². The molecule has 0 bridgehead atoms. The summed E-state index contributed by atoms with van der Waals surface area (Å²) in [4.78, 5) is 13.1. The molecule has 0 aromatic heterocycles. The van der Waals surface area contributed by atoms with Crippen LogP contribution in [0.4, 0.5) is 0 Å². The summed E-state index contributed by atoms with van der Waals surface area (Å²) in [6.45, 7) is 7.47. The molecular weight excluding hydrogens is 514 g/mol. The lowest BCUT2D eigenvalue weighted by Crippen LogP contribution is -2.44. The van der Waals surface area contributed by atoms with Gasteiger partial charge in [0, 0.05) is 12.5 Å². The lowest BCUT2D eigenvalue weighted by atomic mass is 9.72. The van der Waals surface area contributed by atoms with E-state index in [9.17, 15) is 15.0 Å². The van der Waals surface area contributed by atoms with E-state index in [1.807, 2.05) is 98.8 Å². The average molecular weight is 560 g/mol. The van der Waals surface area contributed by atoms with Crippen molar-refractivity contribution in [2.24, 2.45) is 5.92 Å². The highest BCUT2D eigenvalue weighted by molar-refractivity contribution is 5.39. The largest absolute Gasteiger partial charge is 0.467 e. The zero-order valence-electron chi connectivity index (χ0n) is 24.7. The zero-order valence-corrected chi connectivity index (χ0v) is 24.7. The van der Waals surface area contributed by atoms with Gasteiger partial charge >= 0.3 is 0 Å². The van der Waals surface area contributed by atoms with Gasteiger partial charge in [0.25, 0.3) is 6.47 Å². The van der Waals surface area contributed by atoms with Crippen LogP contribution < -0.4 is 0 Å². The van der Waals surface area contributed by atoms with Crippen molar-refractivity contribution in [3.8, 4) is 0 Å². The second-order valence-electron chi connectivity index (χ2n) is 11.9. The molecule has 220 valence electrons. The number of piperidine rings is 1. The highest BCUT2D eigenvalue weighted by Gasteiger charge is 2.41. The third kappa shape index (κ3) is 6.90. The summed E-state index contributed by atoms with van der Waals surface area (Å²) < 4.78 is 10.9. The van der Waals surface area contributed by atoms with Crippen LogP contribution in [0.15, 0.2) is 84.9 Å². The molecule has 3 aromatic rings. The number of nitrogens with zero attached hydrogens (tertiary/aromatic N) is 1. The summed E-state index contributed by atoms with van der Waals surface area (Å²) in [5.41, 5.74) is 1.78. The summed E-state index contributed by atoms with van der Waals surface area (Å²) in [6.07, 6.45) is 3.37. The van der Waals surface area contributed by atoms with Gasteiger partial charge in [-0.2, -0.15) is 0 Å². The molecule has 1 atom stereocenters. The average Bonchev–Trinajstić information content (AvgIpc) is 3.03. The van der Waals surface area contributed by atoms with Gasteiger partial charge in [0.2, 0.25) is 0 Å². The summed E-state index contributed by atoms with van der Waals surface area (Å²) in [5, 5.41) is 22.6. The molecular formula is C35H45NO5. The van der Waals surface area contributed by atoms with Crippen molar-refractivity contribution in [3.05, 3.63) is 107 Å². The summed E-state index contributed by atoms with van der Waals surface area (Å²) in [5.74, 6) is 0.124. The van der Waals surface area contributed by atoms with Crippen molar-refractivity contribution in [2.45, 2.75) is 56.1 Å². The van der Waals surface area contributed by atoms with Crippen molar-refractivity contribution in [1.82, 2.24) is 4.90 Å². The predicted molar refractivity (Wildman–Crippen MR) is 162 cm³/mol. The van der Waals surface area contributed by atoms with E-state index in [4.69, 9.17) is 9.47 Å². The Labute approximate surface area is 244 Å². The standard InChI is InChI=1S/C35H45NO5/c1-33(2,26-41-27-38)28-15-17-29(18-16-28)34(25-37,40-3)21-10-22-36-23-19-32(20-24-36)35(39,30-11-6-4-7-12-30)31-13-8-5-9-14-31/h4-9,11-18,27,32,37,39H,10,19-26H2,1-3H3. The van der Waals surface area contributed by atoms with Crippen molar-refractivity contribution < 1.29 is 24.5 Å². The molecule has 1 aliphatic heterocycles. The molecule has 0 amide bonds. The third-order valence-electron chi connectivity index (χ3n) is 9.01. The molecule has 41 heavy (non-hydrogen) atoms. The molecule has 4 rings (SSSR count). The van der Waals surface area contributed by atoms with E-state index in [1.165, 1.54) is 0 Å². The molecule has 2 N–H and O–H groups in total. The Morgan fingerprint density at radius 3 is 1.88 bits per heavy atom. The Hall–Kier alpha value is -3.03. The molecule has 0 radical (unpaired) electrons. The smallest absolute Gasteiger partial charge is 0.293 e. The number of carbonyl (C=O) groups excluding carboxylic acids is 1. The van der Waals surface area contributed by atoms with Crippen LogP contribution >= 0.6 is 0 Å². The zero-order chi connectivity index (χ0) is 29.3. The van der Waals surface area contributed by atoms with E-state index in [1.54, 1.807) is 7.11 Å². The summed E-state index contributed by atoms with van der Waals surface area (Å²) >= 11 is 0. The van der Waals surface area contributed by atoms with E-state index in [0.717, 1.165) is 61.2 Å². The van der Waals surface area contributed by atoms with Gasteiger partial charge in [0.1, 0.15) is 17.8 Å². The molecule has 1 unspecified atom stereocenters. The number of hydrogen-bond acceptors (Lipinski definition) is 6. The quantitative estimate of drug-likeness (QED) is 0.258. The van der Waals surface area contributed by atoms with E-state index in [0.29, 0.717) is 19.5 Å². The number of ether oxygens (including phenoxy) is 2. The molecule has 3 aromatic carbocycles. The van der Waals surface area contributed by atoms with Crippen LogP contribution in [0.25, 0.3) is 0 Å². The van der Waals surface area contributed by atoms with E-state index >= 15 is 0 Å². The first-order valence-electron chi connectivity index (χ1n) is 14.7. The normalized spacial score (nSPS) is 16.7. The predicted octanol–water partition coefficient (Wildman–Crippen LogP) is 5.40. The molecule has 0 saturated carbocycles. The van der Waals surface area contributed by atoms with Crippen molar-refractivity contribution in [2.75, 3.05) is 40.0 Å². The molecule has 1 fully saturated rings. The van der Waals surface area contributed by atoms with Crippen LogP contribution in [0.5, 0.6) is 0 Å². The van der Waals surface area contributed by atoms with Gasteiger partial charge in [-0.1, -0.05) is 98.8 Å². The number of carbonyl (C=O) groups is 1. The molecule has 0 spiro atoms. The maximum atomic E-state index is 12.2. The lowest BCUT2D eigenvalue weighted by molar-refractivity contribution is -0.130. The molecule has 0 aliphatic carbocycles. The Bertz CT molecular complexity index is 1160. The van der Waals surface area contributed by atoms with Crippen LogP contribution in [-0.4, -0.2) is 61.5 Å². The van der Waals surface area contributed by atoms with Crippen molar-refractivity contribution in [3.63, 3.8) is 0 Å². The number of rotatable bonds is 14. The van der Waals surface area contributed by atoms with E-state index < -0.39 is 11.2 Å². The Morgan fingerprint density at radius 2 is 1.39 bits per heavy atom. The molecule has 1 saturated heterocycles. The Morgan fingerprint density at radius 1 is 0.854 bits per heavy atom. The first kappa shape index (κ1) is 30.9. The second-order valence-corrected chi connectivity index (χ2v) is 11.9. The number of aliphatic hydroxyl groups is 2. The first-order chi connectivity index (χ1) is 19.8. The number of hydrogen-bond donors (Lipinski definition) is 2. The van der Waals surface area contributed by atoms with E-state index in [-0.39, 0.29) is 17.9 Å². The highest BCUT2D eigenvalue weighted by atomic mass is 16.5. The summed E-state index contributed by atoms with van der Waals surface area (Å²) in [7, 11) is 1.66. The van der Waals surface area contributed by atoms with Gasteiger partial charge in [0.15, 0.2) is 0 Å². The number of aliphatic hydroxyl groups excluding tert-OH is 1. The third-order valence-corrected chi connectivity index (χ3v) is 9.01. The second kappa shape index (κ2) is 13.8. The van der Waals surface area contributed by atoms with Gasteiger partial charge in [-0.3, -0.25) is 4.79 Å². The topological polar surface area (TPSA) is 79.2 Å². The van der Waals surface area contributed by atoms with E-state index in [2.05, 4.69) is 4.90 Å². The Balaban J connectivity index is 1.37. The van der Waals surface area contributed by atoms with Crippen LogP contribution in [0.3, 0.4) is 0 Å². The maximum absolute atomic E-state index is 12.2. The van der Waals surface area contributed by atoms with Crippen molar-refractivity contribution in [1.29, 1.82) is 0 Å². The minimum absolute atomic E-state index is 0.107. The minimum Gasteiger partial charge on any atom is -0.467 e. The first-order valence-corrected chi connectivity index (χ1v) is 14.7. The number of benzene rings is 3. The number of likely N-dealkylation sites (tertiary alicyclic amines) is 1.